The van der Waals surface area contributed by atoms with Gasteiger partial charge in [-0.05, 0) is 51.3 Å². The number of carbonyl (C=O) groups is 1. The van der Waals surface area contributed by atoms with E-state index >= 15 is 0 Å². The van der Waals surface area contributed by atoms with E-state index in [1.807, 2.05) is 26.0 Å². The van der Waals surface area contributed by atoms with Crippen molar-refractivity contribution in [2.24, 2.45) is 5.41 Å². The summed E-state index contributed by atoms with van der Waals surface area (Å²) in [4.78, 5) is 11.7. The van der Waals surface area contributed by atoms with Crippen LogP contribution >= 0.6 is 0 Å². The first-order valence-electron chi connectivity index (χ1n) is 7.08. The smallest absolute Gasteiger partial charge is 0.226 e. The molecule has 4 nitrogen and oxygen atoms in total. The van der Waals surface area contributed by atoms with Gasteiger partial charge in [0.25, 0.3) is 0 Å². The normalized spacial score (nSPS) is 13.0. The van der Waals surface area contributed by atoms with Crippen molar-refractivity contribution in [3.8, 4) is 5.75 Å². The van der Waals surface area contributed by atoms with E-state index in [9.17, 15) is 9.90 Å². The highest BCUT2D eigenvalue weighted by molar-refractivity contribution is 5.81. The number of rotatable bonds is 7. The van der Waals surface area contributed by atoms with Gasteiger partial charge in [0.05, 0.1) is 5.41 Å². The SMILES string of the molecule is CNC(=O)C(C)(C)CNC(C)CCc1ccc(O)cc1. The van der Waals surface area contributed by atoms with Crippen molar-refractivity contribution in [2.75, 3.05) is 13.6 Å². The molecule has 0 fully saturated rings. The predicted molar refractivity (Wildman–Crippen MR) is 81.7 cm³/mol. The average molecular weight is 278 g/mol. The number of hydrogen-bond donors (Lipinski definition) is 3. The molecule has 1 aromatic rings. The van der Waals surface area contributed by atoms with Crippen LogP contribution in [0.5, 0.6) is 5.75 Å². The Morgan fingerprint density at radius 3 is 2.45 bits per heavy atom. The molecule has 20 heavy (non-hydrogen) atoms. The fourth-order valence-corrected chi connectivity index (χ4v) is 2.00. The maximum atomic E-state index is 11.7. The lowest BCUT2D eigenvalue weighted by molar-refractivity contribution is -0.128. The van der Waals surface area contributed by atoms with Gasteiger partial charge in [-0.25, -0.2) is 0 Å². The first-order valence-corrected chi connectivity index (χ1v) is 7.08. The highest BCUT2D eigenvalue weighted by Crippen LogP contribution is 2.15. The third-order valence-electron chi connectivity index (χ3n) is 3.54. The number of aryl methyl sites for hydroxylation is 1. The minimum Gasteiger partial charge on any atom is -0.508 e. The molecule has 1 aromatic carbocycles. The fraction of sp³-hybridized carbons (Fsp3) is 0.562. The standard InChI is InChI=1S/C16H26N2O2/c1-12(18-11-16(2,3)15(20)17-4)5-6-13-7-9-14(19)10-8-13/h7-10,12,18-19H,5-6,11H2,1-4H3,(H,17,20). The van der Waals surface area contributed by atoms with Gasteiger partial charge in [0.1, 0.15) is 5.75 Å². The Balaban J connectivity index is 2.35. The molecule has 0 aliphatic rings. The molecule has 1 unspecified atom stereocenters. The third-order valence-corrected chi connectivity index (χ3v) is 3.54. The lowest BCUT2D eigenvalue weighted by atomic mass is 9.92. The fourth-order valence-electron chi connectivity index (χ4n) is 2.00. The van der Waals surface area contributed by atoms with Crippen molar-refractivity contribution in [3.63, 3.8) is 0 Å². The van der Waals surface area contributed by atoms with E-state index in [4.69, 9.17) is 0 Å². The van der Waals surface area contributed by atoms with E-state index in [1.54, 1.807) is 19.2 Å². The monoisotopic (exact) mass is 278 g/mol. The number of phenols is 1. The molecule has 0 aliphatic carbocycles. The summed E-state index contributed by atoms with van der Waals surface area (Å²) in [5.74, 6) is 0.350. The van der Waals surface area contributed by atoms with Gasteiger partial charge in [0, 0.05) is 19.6 Å². The predicted octanol–water partition coefficient (Wildman–Crippen LogP) is 2.08. The van der Waals surface area contributed by atoms with Crippen molar-refractivity contribution < 1.29 is 9.90 Å². The van der Waals surface area contributed by atoms with Gasteiger partial charge in [-0.15, -0.1) is 0 Å². The Morgan fingerprint density at radius 1 is 1.30 bits per heavy atom. The zero-order chi connectivity index (χ0) is 15.2. The maximum absolute atomic E-state index is 11.7. The summed E-state index contributed by atoms with van der Waals surface area (Å²) in [5, 5.41) is 15.3. The Morgan fingerprint density at radius 2 is 1.90 bits per heavy atom. The lowest BCUT2D eigenvalue weighted by Gasteiger charge is -2.25. The van der Waals surface area contributed by atoms with Crippen LogP contribution < -0.4 is 10.6 Å². The van der Waals surface area contributed by atoms with E-state index in [-0.39, 0.29) is 5.91 Å². The van der Waals surface area contributed by atoms with Crippen LogP contribution in [0.15, 0.2) is 24.3 Å². The van der Waals surface area contributed by atoms with Crippen LogP contribution in [0.1, 0.15) is 32.8 Å². The van der Waals surface area contributed by atoms with Crippen LogP contribution in [0.2, 0.25) is 0 Å². The summed E-state index contributed by atoms with van der Waals surface area (Å²) in [6.07, 6.45) is 1.95. The van der Waals surface area contributed by atoms with E-state index in [2.05, 4.69) is 17.6 Å². The molecule has 0 aromatic heterocycles. The van der Waals surface area contributed by atoms with Crippen LogP contribution in [-0.4, -0.2) is 30.6 Å². The van der Waals surface area contributed by atoms with E-state index in [1.165, 1.54) is 5.56 Å². The number of amides is 1. The maximum Gasteiger partial charge on any atom is 0.226 e. The zero-order valence-electron chi connectivity index (χ0n) is 12.9. The van der Waals surface area contributed by atoms with Crippen molar-refractivity contribution in [1.29, 1.82) is 0 Å². The van der Waals surface area contributed by atoms with Gasteiger partial charge in [0.15, 0.2) is 0 Å². The van der Waals surface area contributed by atoms with Crippen LogP contribution in [0.25, 0.3) is 0 Å². The van der Waals surface area contributed by atoms with Gasteiger partial charge >= 0.3 is 0 Å². The Bertz CT molecular complexity index is 427. The van der Waals surface area contributed by atoms with E-state index < -0.39 is 5.41 Å². The minimum atomic E-state index is -0.401. The van der Waals surface area contributed by atoms with Crippen molar-refractivity contribution in [3.05, 3.63) is 29.8 Å². The largest absolute Gasteiger partial charge is 0.508 e. The highest BCUT2D eigenvalue weighted by Gasteiger charge is 2.26. The van der Waals surface area contributed by atoms with E-state index in [0.29, 0.717) is 18.3 Å². The lowest BCUT2D eigenvalue weighted by Crippen LogP contribution is -2.44. The second kappa shape index (κ2) is 7.29. The number of aromatic hydroxyl groups is 1. The van der Waals surface area contributed by atoms with E-state index in [0.717, 1.165) is 12.8 Å². The molecule has 0 saturated heterocycles. The molecule has 1 amide bonds. The van der Waals surface area contributed by atoms with Crippen molar-refractivity contribution in [2.45, 2.75) is 39.7 Å². The molecule has 0 spiro atoms. The number of hydrogen-bond acceptors (Lipinski definition) is 3. The van der Waals surface area contributed by atoms with Gasteiger partial charge < -0.3 is 15.7 Å². The molecule has 0 aliphatic heterocycles. The number of carbonyl (C=O) groups excluding carboxylic acids is 1. The third kappa shape index (κ3) is 5.21. The second-order valence-corrected chi connectivity index (χ2v) is 5.95. The molecule has 1 atom stereocenters. The van der Waals surface area contributed by atoms with Gasteiger partial charge in [-0.1, -0.05) is 12.1 Å². The molecule has 0 saturated carbocycles. The molecule has 112 valence electrons. The minimum absolute atomic E-state index is 0.0516. The molecule has 0 radical (unpaired) electrons. The number of benzene rings is 1. The van der Waals surface area contributed by atoms with Crippen LogP contribution in [0.3, 0.4) is 0 Å². The summed E-state index contributed by atoms with van der Waals surface area (Å²) in [7, 11) is 1.67. The summed E-state index contributed by atoms with van der Waals surface area (Å²) in [6.45, 7) is 6.65. The first-order chi connectivity index (χ1) is 9.35. The summed E-state index contributed by atoms with van der Waals surface area (Å²) >= 11 is 0. The Labute approximate surface area is 121 Å². The summed E-state index contributed by atoms with van der Waals surface area (Å²) in [6, 6.07) is 7.64. The van der Waals surface area contributed by atoms with Crippen molar-refractivity contribution >= 4 is 5.91 Å². The van der Waals surface area contributed by atoms with Crippen molar-refractivity contribution in [1.82, 2.24) is 10.6 Å². The molecular formula is C16H26N2O2. The molecule has 4 heteroatoms. The summed E-state index contributed by atoms with van der Waals surface area (Å²) in [5.41, 5.74) is 0.809. The number of nitrogens with one attached hydrogen (secondary N) is 2. The zero-order valence-corrected chi connectivity index (χ0v) is 12.9. The molecule has 3 N–H and O–H groups in total. The quantitative estimate of drug-likeness (QED) is 0.715. The Hall–Kier alpha value is -1.55. The Kier molecular flexibility index (Phi) is 6.02. The summed E-state index contributed by atoms with van der Waals surface area (Å²) < 4.78 is 0. The second-order valence-electron chi connectivity index (χ2n) is 5.95. The van der Waals surface area contributed by atoms with Crippen LogP contribution in [-0.2, 0) is 11.2 Å². The molecule has 1 rings (SSSR count). The molecule has 0 bridgehead atoms. The van der Waals surface area contributed by atoms with Gasteiger partial charge in [0.2, 0.25) is 5.91 Å². The van der Waals surface area contributed by atoms with Crippen LogP contribution in [0, 0.1) is 5.41 Å². The van der Waals surface area contributed by atoms with Gasteiger partial charge in [-0.2, -0.15) is 0 Å². The molecule has 0 heterocycles. The van der Waals surface area contributed by atoms with Crippen LogP contribution in [0.4, 0.5) is 0 Å². The highest BCUT2D eigenvalue weighted by atomic mass is 16.3. The number of phenolic OH excluding ortho intramolecular Hbond substituents is 1. The van der Waals surface area contributed by atoms with Gasteiger partial charge in [-0.3, -0.25) is 4.79 Å². The average Bonchev–Trinajstić information content (AvgIpc) is 2.43. The first kappa shape index (κ1) is 16.5. The topological polar surface area (TPSA) is 61.4 Å². The molecular weight excluding hydrogens is 252 g/mol.